The smallest absolute Gasteiger partial charge is 0.267 e. The highest BCUT2D eigenvalue weighted by atomic mass is 16.5. The molecule has 2 aromatic rings. The summed E-state index contributed by atoms with van der Waals surface area (Å²) in [6.45, 7) is 2.05. The minimum atomic E-state index is -0.186. The van der Waals surface area contributed by atoms with E-state index in [1.807, 2.05) is 19.3 Å². The van der Waals surface area contributed by atoms with E-state index >= 15 is 0 Å². The number of ether oxygens (including phenoxy) is 2. The van der Waals surface area contributed by atoms with Crippen LogP contribution < -0.4 is 15.4 Å². The van der Waals surface area contributed by atoms with Crippen molar-refractivity contribution in [1.29, 1.82) is 0 Å². The minimum absolute atomic E-state index is 0.163. The van der Waals surface area contributed by atoms with Gasteiger partial charge in [-0.25, -0.2) is 0 Å². The fourth-order valence-electron chi connectivity index (χ4n) is 2.91. The predicted molar refractivity (Wildman–Crippen MR) is 101 cm³/mol. The molecule has 7 heteroatoms. The summed E-state index contributed by atoms with van der Waals surface area (Å²) >= 11 is 0. The van der Waals surface area contributed by atoms with Crippen LogP contribution in [-0.2, 0) is 11.8 Å². The molecule has 1 aliphatic heterocycles. The second kappa shape index (κ2) is 9.23. The quantitative estimate of drug-likeness (QED) is 0.693. The molecular weight excluding hydrogens is 346 g/mol. The van der Waals surface area contributed by atoms with E-state index in [-0.39, 0.29) is 17.9 Å². The van der Waals surface area contributed by atoms with Crippen LogP contribution in [0.4, 0.5) is 0 Å². The lowest BCUT2D eigenvalue weighted by atomic mass is 10.2. The zero-order chi connectivity index (χ0) is 19.1. The molecule has 2 heterocycles. The monoisotopic (exact) mass is 371 g/mol. The van der Waals surface area contributed by atoms with Crippen LogP contribution in [0.15, 0.2) is 42.6 Å². The van der Waals surface area contributed by atoms with Gasteiger partial charge in [-0.3, -0.25) is 9.59 Å². The van der Waals surface area contributed by atoms with Crippen LogP contribution >= 0.6 is 0 Å². The van der Waals surface area contributed by atoms with Gasteiger partial charge in [0.2, 0.25) is 0 Å². The Labute approximate surface area is 158 Å². The summed E-state index contributed by atoms with van der Waals surface area (Å²) in [5.74, 6) is 0.371. The second-order valence-corrected chi connectivity index (χ2v) is 6.49. The van der Waals surface area contributed by atoms with Crippen LogP contribution in [0, 0.1) is 0 Å². The molecule has 0 unspecified atom stereocenters. The number of nitrogens with one attached hydrogen (secondary N) is 2. The first kappa shape index (κ1) is 19.0. The summed E-state index contributed by atoms with van der Waals surface area (Å²) in [5.41, 5.74) is 1.13. The third kappa shape index (κ3) is 5.34. The number of benzene rings is 1. The highest BCUT2D eigenvalue weighted by Gasteiger charge is 2.16. The average molecular weight is 371 g/mol. The lowest BCUT2D eigenvalue weighted by Crippen LogP contribution is -2.35. The molecule has 0 bridgehead atoms. The maximum Gasteiger partial charge on any atom is 0.267 e. The molecule has 144 valence electrons. The van der Waals surface area contributed by atoms with E-state index < -0.39 is 0 Å². The Morgan fingerprint density at radius 2 is 1.89 bits per heavy atom. The van der Waals surface area contributed by atoms with Gasteiger partial charge in [0.05, 0.1) is 6.10 Å². The van der Waals surface area contributed by atoms with E-state index in [1.165, 1.54) is 0 Å². The lowest BCUT2D eigenvalue weighted by molar-refractivity contribution is 0.0679. The van der Waals surface area contributed by atoms with Gasteiger partial charge in [0.25, 0.3) is 11.8 Å². The predicted octanol–water partition coefficient (Wildman–Crippen LogP) is 1.74. The molecule has 1 aromatic carbocycles. The average Bonchev–Trinajstić information content (AvgIpc) is 3.35. The first-order valence-corrected chi connectivity index (χ1v) is 9.15. The van der Waals surface area contributed by atoms with Crippen molar-refractivity contribution in [2.24, 2.45) is 7.05 Å². The van der Waals surface area contributed by atoms with Crippen LogP contribution in [0.25, 0.3) is 0 Å². The molecule has 2 amide bonds. The van der Waals surface area contributed by atoms with Gasteiger partial charge in [-0.2, -0.15) is 0 Å². The minimum Gasteiger partial charge on any atom is -0.491 e. The summed E-state index contributed by atoms with van der Waals surface area (Å²) < 4.78 is 13.0. The van der Waals surface area contributed by atoms with Crippen molar-refractivity contribution in [1.82, 2.24) is 15.2 Å². The molecule has 3 rings (SSSR count). The first-order chi connectivity index (χ1) is 13.1. The van der Waals surface area contributed by atoms with Crippen LogP contribution in [0.2, 0.25) is 0 Å². The van der Waals surface area contributed by atoms with E-state index in [1.54, 1.807) is 34.9 Å². The number of rotatable bonds is 8. The normalized spacial score (nSPS) is 16.1. The van der Waals surface area contributed by atoms with Crippen molar-refractivity contribution in [2.45, 2.75) is 18.9 Å². The summed E-state index contributed by atoms with van der Waals surface area (Å²) in [6.07, 6.45) is 4.09. The van der Waals surface area contributed by atoms with Crippen molar-refractivity contribution < 1.29 is 19.1 Å². The number of aromatic nitrogens is 1. The zero-order valence-electron chi connectivity index (χ0n) is 15.4. The molecule has 2 N–H and O–H groups in total. The largest absolute Gasteiger partial charge is 0.491 e. The lowest BCUT2D eigenvalue weighted by Gasteiger charge is -2.12. The number of carbonyl (C=O) groups is 2. The fourth-order valence-corrected chi connectivity index (χ4v) is 2.91. The van der Waals surface area contributed by atoms with Crippen molar-refractivity contribution in [3.05, 3.63) is 53.9 Å². The molecule has 1 atom stereocenters. The van der Waals surface area contributed by atoms with Gasteiger partial charge in [0.1, 0.15) is 18.1 Å². The molecule has 0 radical (unpaired) electrons. The maximum absolute atomic E-state index is 12.2. The number of aryl methyl sites for hydroxylation is 1. The van der Waals surface area contributed by atoms with Crippen molar-refractivity contribution in [3.63, 3.8) is 0 Å². The number of carbonyl (C=O) groups excluding carboxylic acids is 2. The molecule has 7 nitrogen and oxygen atoms in total. The standard InChI is InChI=1S/C20H25N3O4/c1-23-12-2-5-18(23)20(25)22-11-10-21-19(24)15-6-8-16(9-7-15)27-14-17-4-3-13-26-17/h2,5-9,12,17H,3-4,10-11,13-14H2,1H3,(H,21,24)(H,22,25)/t17-/m1/s1. The molecule has 1 saturated heterocycles. The molecular formula is C20H25N3O4. The summed E-state index contributed by atoms with van der Waals surface area (Å²) in [4.78, 5) is 24.1. The van der Waals surface area contributed by atoms with E-state index in [2.05, 4.69) is 10.6 Å². The Kier molecular flexibility index (Phi) is 6.49. The van der Waals surface area contributed by atoms with Gasteiger partial charge in [0, 0.05) is 38.5 Å². The Hall–Kier alpha value is -2.80. The Balaban J connectivity index is 1.37. The van der Waals surface area contributed by atoms with Gasteiger partial charge < -0.3 is 24.7 Å². The number of hydrogen-bond acceptors (Lipinski definition) is 4. The van der Waals surface area contributed by atoms with Crippen LogP contribution in [-0.4, -0.2) is 48.8 Å². The Morgan fingerprint density at radius 3 is 2.52 bits per heavy atom. The molecule has 0 saturated carbocycles. The SMILES string of the molecule is Cn1cccc1C(=O)NCCNC(=O)c1ccc(OC[C@H]2CCCO2)cc1. The number of nitrogens with zero attached hydrogens (tertiary/aromatic N) is 1. The molecule has 0 spiro atoms. The van der Waals surface area contributed by atoms with Crippen LogP contribution in [0.1, 0.15) is 33.7 Å². The number of hydrogen-bond donors (Lipinski definition) is 2. The second-order valence-electron chi connectivity index (χ2n) is 6.49. The van der Waals surface area contributed by atoms with Crippen molar-refractivity contribution in [2.75, 3.05) is 26.3 Å². The Bertz CT molecular complexity index is 764. The van der Waals surface area contributed by atoms with Crippen LogP contribution in [0.3, 0.4) is 0 Å². The third-order valence-corrected chi connectivity index (χ3v) is 4.45. The summed E-state index contributed by atoms with van der Waals surface area (Å²) in [7, 11) is 1.81. The molecule has 0 aliphatic carbocycles. The van der Waals surface area contributed by atoms with E-state index in [9.17, 15) is 9.59 Å². The highest BCUT2D eigenvalue weighted by molar-refractivity contribution is 5.94. The molecule has 27 heavy (non-hydrogen) atoms. The number of amides is 2. The van der Waals surface area contributed by atoms with E-state index in [0.717, 1.165) is 25.2 Å². The van der Waals surface area contributed by atoms with Gasteiger partial charge in [-0.1, -0.05) is 0 Å². The highest BCUT2D eigenvalue weighted by Crippen LogP contribution is 2.16. The van der Waals surface area contributed by atoms with Crippen molar-refractivity contribution in [3.8, 4) is 5.75 Å². The van der Waals surface area contributed by atoms with Gasteiger partial charge in [-0.15, -0.1) is 0 Å². The fraction of sp³-hybridized carbons (Fsp3) is 0.400. The summed E-state index contributed by atoms with van der Waals surface area (Å²) in [6, 6.07) is 10.6. The van der Waals surface area contributed by atoms with Gasteiger partial charge >= 0.3 is 0 Å². The molecule has 1 aromatic heterocycles. The summed E-state index contributed by atoms with van der Waals surface area (Å²) in [5, 5.41) is 5.57. The van der Waals surface area contributed by atoms with Crippen LogP contribution in [0.5, 0.6) is 5.75 Å². The van der Waals surface area contributed by atoms with E-state index in [0.29, 0.717) is 31.0 Å². The topological polar surface area (TPSA) is 81.6 Å². The Morgan fingerprint density at radius 1 is 1.15 bits per heavy atom. The van der Waals surface area contributed by atoms with Gasteiger partial charge in [-0.05, 0) is 49.2 Å². The third-order valence-electron chi connectivity index (χ3n) is 4.45. The van der Waals surface area contributed by atoms with Gasteiger partial charge in [0.15, 0.2) is 0 Å². The maximum atomic E-state index is 12.2. The van der Waals surface area contributed by atoms with E-state index in [4.69, 9.17) is 9.47 Å². The molecule has 1 aliphatic rings. The zero-order valence-corrected chi connectivity index (χ0v) is 15.4. The molecule has 1 fully saturated rings. The van der Waals surface area contributed by atoms with Crippen molar-refractivity contribution >= 4 is 11.8 Å². The first-order valence-electron chi connectivity index (χ1n) is 9.15.